The van der Waals surface area contributed by atoms with Gasteiger partial charge in [0.25, 0.3) is 0 Å². The van der Waals surface area contributed by atoms with Crippen molar-refractivity contribution in [2.45, 2.75) is 62.7 Å². The van der Waals surface area contributed by atoms with Gasteiger partial charge in [-0.25, -0.2) is 4.68 Å². The van der Waals surface area contributed by atoms with Crippen LogP contribution < -0.4 is 5.32 Å². The normalized spacial score (nSPS) is 27.3. The Morgan fingerprint density at radius 1 is 1.26 bits per heavy atom. The summed E-state index contributed by atoms with van der Waals surface area (Å²) in [6, 6.07) is 0.261. The van der Waals surface area contributed by atoms with Crippen LogP contribution >= 0.6 is 19.2 Å². The molecule has 31 heavy (non-hydrogen) atoms. The van der Waals surface area contributed by atoms with Crippen LogP contribution in [0.25, 0.3) is 11.0 Å². The lowest BCUT2D eigenvalue weighted by Crippen LogP contribution is -2.33. The van der Waals surface area contributed by atoms with Crippen LogP contribution in [-0.2, 0) is 14.1 Å². The number of aliphatic hydroxyl groups is 2. The van der Waals surface area contributed by atoms with E-state index in [0.717, 1.165) is 25.7 Å². The number of ether oxygens (including phenoxy) is 1. The van der Waals surface area contributed by atoms with Gasteiger partial charge in [-0.2, -0.15) is 15.1 Å². The number of aliphatic hydroxyl groups excluding tert-OH is 2. The summed E-state index contributed by atoms with van der Waals surface area (Å²) < 4.78 is 17.9. The molecule has 0 unspecified atom stereocenters. The molecule has 4 atom stereocenters. The highest BCUT2D eigenvalue weighted by atomic mass is 35.5. The first-order valence-corrected chi connectivity index (χ1v) is 12.0. The molecule has 1 saturated carbocycles. The van der Waals surface area contributed by atoms with Crippen molar-refractivity contribution in [1.82, 2.24) is 19.7 Å². The first-order valence-electron chi connectivity index (χ1n) is 9.87. The van der Waals surface area contributed by atoms with Crippen LogP contribution in [0.1, 0.15) is 38.3 Å². The Labute approximate surface area is 181 Å². The van der Waals surface area contributed by atoms with E-state index < -0.39 is 50.5 Å². The molecule has 0 bridgehead atoms. The summed E-state index contributed by atoms with van der Waals surface area (Å²) in [7, 11) is -4.54. The summed E-state index contributed by atoms with van der Waals surface area (Å²) in [5.41, 5.74) is 0.277. The zero-order valence-electron chi connectivity index (χ0n) is 16.3. The smallest absolute Gasteiger partial charge is 0.332 e. The molecule has 0 aromatic carbocycles. The maximum absolute atomic E-state index is 11.9. The number of halogens is 1. The zero-order valence-corrected chi connectivity index (χ0v) is 18.0. The van der Waals surface area contributed by atoms with Gasteiger partial charge in [0.1, 0.15) is 30.0 Å². The lowest BCUT2D eigenvalue weighted by Gasteiger charge is -2.17. The van der Waals surface area contributed by atoms with Crippen molar-refractivity contribution in [2.75, 3.05) is 11.5 Å². The van der Waals surface area contributed by atoms with Gasteiger partial charge in [0.05, 0.1) is 17.7 Å². The van der Waals surface area contributed by atoms with Crippen molar-refractivity contribution in [3.05, 3.63) is 11.5 Å². The average Bonchev–Trinajstić information content (AvgIpc) is 3.37. The number of carbonyl (C=O) groups is 1. The number of carbonyl (C=O) groups excluding carboxylic acids is 1. The molecule has 1 aliphatic heterocycles. The number of aromatic nitrogens is 4. The molecule has 2 aromatic heterocycles. The van der Waals surface area contributed by atoms with E-state index in [1.165, 1.54) is 10.9 Å². The predicted molar refractivity (Wildman–Crippen MR) is 109 cm³/mol. The topological polar surface area (TPSA) is 180 Å². The van der Waals surface area contributed by atoms with Gasteiger partial charge in [-0.3, -0.25) is 9.36 Å². The summed E-state index contributed by atoms with van der Waals surface area (Å²) in [6.45, 7) is 0. The third-order valence-corrected chi connectivity index (χ3v) is 6.45. The van der Waals surface area contributed by atoms with Crippen molar-refractivity contribution >= 4 is 41.8 Å². The highest BCUT2D eigenvalue weighted by Gasteiger charge is 2.45. The van der Waals surface area contributed by atoms with E-state index in [1.807, 2.05) is 0 Å². The second-order valence-electron chi connectivity index (χ2n) is 7.91. The first kappa shape index (κ1) is 22.5. The molecule has 0 spiro atoms. The van der Waals surface area contributed by atoms with Crippen LogP contribution in [0.15, 0.2) is 6.20 Å². The molecule has 2 aromatic rings. The Hall–Kier alpha value is -1.66. The monoisotopic (exact) mass is 475 g/mol. The van der Waals surface area contributed by atoms with E-state index in [9.17, 15) is 19.6 Å². The van der Waals surface area contributed by atoms with Gasteiger partial charge in [0.15, 0.2) is 11.9 Å². The standard InChI is InChI=1S/C17H23ClN5O7P/c18-17-21-14(20-8-3-1-2-4-8)10-6-19-23(15(10)22-17)16-13(26)12(25)11(30-16)5-9(24)7-31(27,28)29/h6,8,11-13,16,25-26H,1-5,7H2,(H,20,21,22)(H2,27,28,29)/t11-,12-,13-,16-/m1/s1. The van der Waals surface area contributed by atoms with Gasteiger partial charge < -0.3 is 30.1 Å². The van der Waals surface area contributed by atoms with E-state index >= 15 is 0 Å². The van der Waals surface area contributed by atoms with Gasteiger partial charge in [-0.15, -0.1) is 0 Å². The summed E-state index contributed by atoms with van der Waals surface area (Å²) in [5, 5.41) is 28.9. The zero-order chi connectivity index (χ0) is 22.3. The summed E-state index contributed by atoms with van der Waals surface area (Å²) in [5.74, 6) is -0.279. The maximum Gasteiger partial charge on any atom is 0.332 e. The number of anilines is 1. The molecule has 2 fully saturated rings. The number of hydrogen-bond acceptors (Lipinski definition) is 9. The number of nitrogens with zero attached hydrogens (tertiary/aromatic N) is 4. The lowest BCUT2D eigenvalue weighted by molar-refractivity contribution is -0.121. The number of Topliss-reactive ketones (excluding diaryl/α,β-unsaturated/α-hetero) is 1. The van der Waals surface area contributed by atoms with E-state index in [2.05, 4.69) is 20.4 Å². The molecule has 1 saturated heterocycles. The van der Waals surface area contributed by atoms with Crippen LogP contribution in [0.3, 0.4) is 0 Å². The Balaban J connectivity index is 1.57. The Kier molecular flexibility index (Phi) is 6.32. The second-order valence-corrected chi connectivity index (χ2v) is 9.89. The van der Waals surface area contributed by atoms with Gasteiger partial charge in [0.2, 0.25) is 5.28 Å². The Morgan fingerprint density at radius 3 is 2.65 bits per heavy atom. The minimum Gasteiger partial charge on any atom is -0.388 e. The molecule has 2 aliphatic rings. The van der Waals surface area contributed by atoms with Crippen molar-refractivity contribution < 1.29 is 34.1 Å². The molecule has 0 radical (unpaired) electrons. The van der Waals surface area contributed by atoms with Gasteiger partial charge in [-0.05, 0) is 24.4 Å². The highest BCUT2D eigenvalue weighted by Crippen LogP contribution is 2.37. The number of fused-ring (bicyclic) bond motifs is 1. The largest absolute Gasteiger partial charge is 0.388 e. The fourth-order valence-corrected chi connectivity index (χ4v) is 4.83. The number of ketones is 1. The van der Waals surface area contributed by atoms with Crippen LogP contribution in [0.2, 0.25) is 5.28 Å². The van der Waals surface area contributed by atoms with Crippen LogP contribution in [0.4, 0.5) is 5.82 Å². The third-order valence-electron chi connectivity index (χ3n) is 5.51. The average molecular weight is 476 g/mol. The molecular formula is C17H23ClN5O7P. The van der Waals surface area contributed by atoms with Crippen molar-refractivity contribution in [1.29, 1.82) is 0 Å². The molecule has 170 valence electrons. The number of nitrogens with one attached hydrogen (secondary N) is 1. The number of rotatable bonds is 7. The quantitative estimate of drug-likeness (QED) is 0.279. The SMILES string of the molecule is O=C(C[C@H]1O[C@@H](n2ncc3c(NC4CCCC4)nc(Cl)nc32)[C@H](O)[C@@H]1O)CP(=O)(O)O. The first-order chi connectivity index (χ1) is 14.6. The van der Waals surface area contributed by atoms with Crippen LogP contribution in [0, 0.1) is 0 Å². The lowest BCUT2D eigenvalue weighted by atomic mass is 10.1. The molecule has 3 heterocycles. The summed E-state index contributed by atoms with van der Waals surface area (Å²) >= 11 is 6.09. The number of hydrogen-bond donors (Lipinski definition) is 5. The van der Waals surface area contributed by atoms with E-state index in [4.69, 9.17) is 26.1 Å². The highest BCUT2D eigenvalue weighted by molar-refractivity contribution is 7.52. The Bertz CT molecular complexity index is 1020. The van der Waals surface area contributed by atoms with E-state index in [0.29, 0.717) is 11.2 Å². The molecule has 1 aliphatic carbocycles. The molecule has 12 nitrogen and oxygen atoms in total. The van der Waals surface area contributed by atoms with E-state index in [1.54, 1.807) is 0 Å². The van der Waals surface area contributed by atoms with E-state index in [-0.39, 0.29) is 17.0 Å². The van der Waals surface area contributed by atoms with Crippen molar-refractivity contribution in [3.63, 3.8) is 0 Å². The summed E-state index contributed by atoms with van der Waals surface area (Å²) in [4.78, 5) is 38.2. The fraction of sp³-hybridized carbons (Fsp3) is 0.647. The third kappa shape index (κ3) is 4.90. The maximum atomic E-state index is 11.9. The van der Waals surface area contributed by atoms with Gasteiger partial charge in [-0.1, -0.05) is 12.8 Å². The minimum atomic E-state index is -4.54. The fourth-order valence-electron chi connectivity index (χ4n) is 4.08. The minimum absolute atomic E-state index is 0.0313. The van der Waals surface area contributed by atoms with Crippen LogP contribution in [0.5, 0.6) is 0 Å². The Morgan fingerprint density at radius 2 is 1.97 bits per heavy atom. The molecule has 5 N–H and O–H groups in total. The van der Waals surface area contributed by atoms with Gasteiger partial charge >= 0.3 is 7.60 Å². The van der Waals surface area contributed by atoms with Crippen LogP contribution in [-0.4, -0.2) is 76.0 Å². The summed E-state index contributed by atoms with van der Waals surface area (Å²) in [6.07, 6.45) is -0.907. The molecule has 0 amide bonds. The van der Waals surface area contributed by atoms with Gasteiger partial charge in [0, 0.05) is 12.5 Å². The molecule has 4 rings (SSSR count). The predicted octanol–water partition coefficient (Wildman–Crippen LogP) is 0.590. The molecular weight excluding hydrogens is 453 g/mol. The van der Waals surface area contributed by atoms with Crippen molar-refractivity contribution in [3.8, 4) is 0 Å². The van der Waals surface area contributed by atoms with Crippen molar-refractivity contribution in [2.24, 2.45) is 0 Å². The molecule has 14 heteroatoms. The second kappa shape index (κ2) is 8.70.